The highest BCUT2D eigenvalue weighted by Crippen LogP contribution is 1.92. The Kier molecular flexibility index (Phi) is 1.42. The Morgan fingerprint density at radius 3 is 3.11 bits per heavy atom. The van der Waals surface area contributed by atoms with Crippen molar-refractivity contribution in [3.63, 3.8) is 0 Å². The molecule has 9 heavy (non-hydrogen) atoms. The van der Waals surface area contributed by atoms with Crippen LogP contribution in [0.1, 0.15) is 5.69 Å². The predicted molar refractivity (Wildman–Crippen MR) is 30.5 cm³/mol. The molecule has 0 aliphatic carbocycles. The molecule has 1 aromatic heterocycles. The van der Waals surface area contributed by atoms with Gasteiger partial charge in [0.1, 0.15) is 0 Å². The molecular weight excluding hydrogens is 118 g/mol. The molecule has 46 valence electrons. The van der Waals surface area contributed by atoms with Crippen molar-refractivity contribution in [1.82, 2.24) is 9.89 Å². The largest absolute Gasteiger partial charge is 0.260 e. The Hall–Kier alpha value is -1.41. The van der Waals surface area contributed by atoms with Crippen molar-refractivity contribution < 1.29 is 4.79 Å². The third kappa shape index (κ3) is 1.03. The van der Waals surface area contributed by atoms with Gasteiger partial charge in [0, 0.05) is 0 Å². The first-order chi connectivity index (χ1) is 4.34. The lowest BCUT2D eigenvalue weighted by Gasteiger charge is -1.86. The van der Waals surface area contributed by atoms with Gasteiger partial charge in [-0.3, -0.25) is 0 Å². The third-order valence-electron chi connectivity index (χ3n) is 0.943. The summed E-state index contributed by atoms with van der Waals surface area (Å²) in [6, 6.07) is 1.75. The lowest BCUT2D eigenvalue weighted by Crippen LogP contribution is -1.91. The molecule has 4 nitrogen and oxygen atoms in total. The van der Waals surface area contributed by atoms with Gasteiger partial charge in [-0.05, 0) is 13.0 Å². The van der Waals surface area contributed by atoms with Crippen LogP contribution < -0.4 is 0 Å². The van der Waals surface area contributed by atoms with E-state index in [2.05, 4.69) is 10.2 Å². The van der Waals surface area contributed by atoms with Crippen LogP contribution in [0, 0.1) is 6.92 Å². The molecule has 0 saturated heterocycles. The van der Waals surface area contributed by atoms with E-state index in [1.165, 1.54) is 10.9 Å². The summed E-state index contributed by atoms with van der Waals surface area (Å²) in [5, 5.41) is 6.96. The zero-order valence-electron chi connectivity index (χ0n) is 4.90. The average Bonchev–Trinajstić information content (AvgIpc) is 2.18. The van der Waals surface area contributed by atoms with Crippen molar-refractivity contribution >= 4 is 6.08 Å². The van der Waals surface area contributed by atoms with Crippen molar-refractivity contribution in [3.05, 3.63) is 18.0 Å². The zero-order valence-corrected chi connectivity index (χ0v) is 4.90. The van der Waals surface area contributed by atoms with Crippen molar-refractivity contribution in [2.75, 3.05) is 0 Å². The SMILES string of the molecule is Cc1ccnn1N=C=O. The van der Waals surface area contributed by atoms with Crippen LogP contribution in [0.3, 0.4) is 0 Å². The standard InChI is InChI=1S/C5H5N3O/c1-5-2-3-6-8(5)7-4-9/h2-3H,1H3. The molecule has 0 bridgehead atoms. The summed E-state index contributed by atoms with van der Waals surface area (Å²) >= 11 is 0. The Bertz CT molecular complexity index is 246. The van der Waals surface area contributed by atoms with Crippen LogP contribution in [0.25, 0.3) is 0 Å². The fourth-order valence-electron chi connectivity index (χ4n) is 0.505. The van der Waals surface area contributed by atoms with Gasteiger partial charge in [0.2, 0.25) is 0 Å². The van der Waals surface area contributed by atoms with Crippen molar-refractivity contribution in [2.45, 2.75) is 6.92 Å². The molecule has 0 unspecified atom stereocenters. The minimum absolute atomic E-state index is 0.818. The number of carbonyl (C=O) groups excluding carboxylic acids is 1. The van der Waals surface area contributed by atoms with Gasteiger partial charge < -0.3 is 0 Å². The molecular formula is C5H5N3O. The van der Waals surface area contributed by atoms with E-state index in [0.717, 1.165) is 5.69 Å². The number of hydrogen-bond donors (Lipinski definition) is 0. The highest BCUT2D eigenvalue weighted by molar-refractivity contribution is 5.32. The fourth-order valence-corrected chi connectivity index (χ4v) is 0.505. The summed E-state index contributed by atoms with van der Waals surface area (Å²) in [4.78, 5) is 10.9. The minimum atomic E-state index is 0.818. The van der Waals surface area contributed by atoms with Gasteiger partial charge >= 0.3 is 0 Å². The van der Waals surface area contributed by atoms with Crippen LogP contribution in [0.4, 0.5) is 0 Å². The van der Waals surface area contributed by atoms with E-state index < -0.39 is 0 Å². The molecule has 0 aliphatic heterocycles. The second-order valence-electron chi connectivity index (χ2n) is 1.55. The monoisotopic (exact) mass is 123 g/mol. The van der Waals surface area contributed by atoms with Gasteiger partial charge in [-0.2, -0.15) is 5.10 Å². The molecule has 0 N–H and O–H groups in total. The number of aromatic nitrogens is 2. The van der Waals surface area contributed by atoms with Crippen molar-refractivity contribution in [2.24, 2.45) is 5.10 Å². The number of nitrogens with zero attached hydrogens (tertiary/aromatic N) is 3. The predicted octanol–water partition coefficient (Wildman–Crippen LogP) is 0.290. The summed E-state index contributed by atoms with van der Waals surface area (Å²) in [5.74, 6) is 0. The van der Waals surface area contributed by atoms with Crippen molar-refractivity contribution in [1.29, 1.82) is 0 Å². The third-order valence-corrected chi connectivity index (χ3v) is 0.943. The Labute approximate surface area is 51.8 Å². The molecule has 0 radical (unpaired) electrons. The molecule has 0 amide bonds. The van der Waals surface area contributed by atoms with Crippen LogP contribution in [0.2, 0.25) is 0 Å². The molecule has 1 rings (SSSR count). The van der Waals surface area contributed by atoms with E-state index in [0.29, 0.717) is 0 Å². The first-order valence-electron chi connectivity index (χ1n) is 2.43. The number of hydrogen-bond acceptors (Lipinski definition) is 3. The summed E-state index contributed by atoms with van der Waals surface area (Å²) in [6.07, 6.45) is 2.95. The normalized spacial score (nSPS) is 8.56. The molecule has 0 saturated carbocycles. The maximum atomic E-state index is 9.67. The maximum Gasteiger partial charge on any atom is 0.260 e. The topological polar surface area (TPSA) is 47.2 Å². The summed E-state index contributed by atoms with van der Waals surface area (Å²) in [6.45, 7) is 1.80. The molecule has 0 aromatic carbocycles. The number of isocyanates is 1. The molecule has 0 aliphatic rings. The smallest absolute Gasteiger partial charge is 0.209 e. The first kappa shape index (κ1) is 5.72. The van der Waals surface area contributed by atoms with Crippen LogP contribution in [-0.2, 0) is 4.79 Å². The highest BCUT2D eigenvalue weighted by Gasteiger charge is 1.89. The summed E-state index contributed by atoms with van der Waals surface area (Å²) in [5.41, 5.74) is 0.818. The molecule has 1 aromatic rings. The molecule has 4 heteroatoms. The van der Waals surface area contributed by atoms with E-state index in [1.807, 2.05) is 0 Å². The van der Waals surface area contributed by atoms with Gasteiger partial charge in [0.15, 0.2) is 0 Å². The Morgan fingerprint density at radius 2 is 2.67 bits per heavy atom. The van der Waals surface area contributed by atoms with E-state index in [1.54, 1.807) is 19.2 Å². The average molecular weight is 123 g/mol. The van der Waals surface area contributed by atoms with Gasteiger partial charge in [0.25, 0.3) is 6.08 Å². The van der Waals surface area contributed by atoms with Crippen LogP contribution in [0.5, 0.6) is 0 Å². The van der Waals surface area contributed by atoms with Gasteiger partial charge in [-0.25, -0.2) is 4.79 Å². The van der Waals surface area contributed by atoms with Crippen LogP contribution in [0.15, 0.2) is 17.4 Å². The lowest BCUT2D eigenvalue weighted by atomic mass is 10.5. The Morgan fingerprint density at radius 1 is 1.89 bits per heavy atom. The van der Waals surface area contributed by atoms with E-state index in [9.17, 15) is 4.79 Å². The maximum absolute atomic E-state index is 9.67. The van der Waals surface area contributed by atoms with E-state index >= 15 is 0 Å². The quantitative estimate of drug-likeness (QED) is 0.398. The lowest BCUT2D eigenvalue weighted by molar-refractivity contribution is 0.555. The van der Waals surface area contributed by atoms with Crippen LogP contribution in [-0.4, -0.2) is 16.0 Å². The summed E-state index contributed by atoms with van der Waals surface area (Å²) in [7, 11) is 0. The fraction of sp³-hybridized carbons (Fsp3) is 0.200. The van der Waals surface area contributed by atoms with Gasteiger partial charge in [-0.1, -0.05) is 5.10 Å². The zero-order chi connectivity index (χ0) is 6.69. The van der Waals surface area contributed by atoms with Gasteiger partial charge in [0.05, 0.1) is 11.9 Å². The minimum Gasteiger partial charge on any atom is -0.209 e. The molecule has 0 spiro atoms. The molecule has 0 atom stereocenters. The second kappa shape index (κ2) is 2.24. The van der Waals surface area contributed by atoms with E-state index in [-0.39, 0.29) is 0 Å². The molecule has 0 fully saturated rings. The second-order valence-corrected chi connectivity index (χ2v) is 1.55. The van der Waals surface area contributed by atoms with E-state index in [4.69, 9.17) is 0 Å². The van der Waals surface area contributed by atoms with Gasteiger partial charge in [-0.15, -0.1) is 4.79 Å². The number of rotatable bonds is 1. The van der Waals surface area contributed by atoms with Crippen LogP contribution >= 0.6 is 0 Å². The summed E-state index contributed by atoms with van der Waals surface area (Å²) < 4.78 is 0. The number of aryl methyl sites for hydroxylation is 1. The first-order valence-corrected chi connectivity index (χ1v) is 2.43. The van der Waals surface area contributed by atoms with Crippen molar-refractivity contribution in [3.8, 4) is 0 Å². The highest BCUT2D eigenvalue weighted by atomic mass is 16.1. The Balaban J connectivity index is 3.07. The molecule has 1 heterocycles.